The minimum Gasteiger partial charge on any atom is -0.308 e. The molecular weight excluding hydrogens is 204 g/mol. The molecule has 2 atom stereocenters. The van der Waals surface area contributed by atoms with Gasteiger partial charge in [0.15, 0.2) is 0 Å². The number of nitrogens with one attached hydrogen (secondary N) is 1. The summed E-state index contributed by atoms with van der Waals surface area (Å²) in [5.41, 5.74) is 1.36. The van der Waals surface area contributed by atoms with Crippen LogP contribution < -0.4 is 5.32 Å². The average Bonchev–Trinajstić information content (AvgIpc) is 2.83. The van der Waals surface area contributed by atoms with E-state index in [2.05, 4.69) is 29.8 Å². The molecule has 1 aliphatic carbocycles. The predicted molar refractivity (Wildman–Crippen MR) is 62.6 cm³/mol. The number of thiophene rings is 1. The van der Waals surface area contributed by atoms with Crippen molar-refractivity contribution in [2.24, 2.45) is 5.92 Å². The second kappa shape index (κ2) is 4.78. The van der Waals surface area contributed by atoms with Gasteiger partial charge in [0.2, 0.25) is 0 Å². The van der Waals surface area contributed by atoms with E-state index in [1.165, 1.54) is 16.9 Å². The van der Waals surface area contributed by atoms with Crippen LogP contribution in [0.4, 0.5) is 0 Å². The zero-order valence-electron chi connectivity index (χ0n) is 8.99. The Bertz CT molecular complexity index is 364. The van der Waals surface area contributed by atoms with Gasteiger partial charge in [0.25, 0.3) is 0 Å². The van der Waals surface area contributed by atoms with Crippen LogP contribution in [-0.2, 0) is 6.54 Å². The van der Waals surface area contributed by atoms with Gasteiger partial charge in [-0.1, -0.05) is 6.42 Å². The molecule has 1 fully saturated rings. The zero-order chi connectivity index (χ0) is 10.7. The van der Waals surface area contributed by atoms with Gasteiger partial charge >= 0.3 is 0 Å². The molecule has 1 aromatic heterocycles. The van der Waals surface area contributed by atoms with Gasteiger partial charge < -0.3 is 5.32 Å². The van der Waals surface area contributed by atoms with E-state index in [1.54, 1.807) is 11.3 Å². The van der Waals surface area contributed by atoms with Crippen LogP contribution in [0.3, 0.4) is 0 Å². The van der Waals surface area contributed by atoms with Crippen molar-refractivity contribution in [1.29, 1.82) is 5.26 Å². The molecule has 1 N–H and O–H groups in total. The fraction of sp³-hybridized carbons (Fsp3) is 0.583. The summed E-state index contributed by atoms with van der Waals surface area (Å²) in [6.45, 7) is 3.07. The fourth-order valence-electron chi connectivity index (χ4n) is 2.17. The highest BCUT2D eigenvalue weighted by Crippen LogP contribution is 2.25. The lowest BCUT2D eigenvalue weighted by Crippen LogP contribution is -2.31. The maximum atomic E-state index is 8.96. The van der Waals surface area contributed by atoms with E-state index in [0.717, 1.165) is 19.4 Å². The largest absolute Gasteiger partial charge is 0.308 e. The van der Waals surface area contributed by atoms with Crippen LogP contribution in [0.15, 0.2) is 11.4 Å². The standard InChI is InChI=1S/C12H16N2S/c1-9-5-6-15-12(9)8-14-11-4-2-3-10(11)7-13/h5-6,10-11,14H,2-4,8H2,1H3. The van der Waals surface area contributed by atoms with Gasteiger partial charge in [-0.25, -0.2) is 0 Å². The van der Waals surface area contributed by atoms with Crippen molar-refractivity contribution in [3.05, 3.63) is 21.9 Å². The van der Waals surface area contributed by atoms with E-state index >= 15 is 0 Å². The monoisotopic (exact) mass is 220 g/mol. The molecule has 1 heterocycles. The lowest BCUT2D eigenvalue weighted by molar-refractivity contribution is 0.466. The fourth-order valence-corrected chi connectivity index (χ4v) is 3.02. The average molecular weight is 220 g/mol. The normalized spacial score (nSPS) is 25.3. The van der Waals surface area contributed by atoms with Crippen LogP contribution >= 0.6 is 11.3 Å². The Kier molecular flexibility index (Phi) is 3.40. The minimum absolute atomic E-state index is 0.227. The van der Waals surface area contributed by atoms with Crippen LogP contribution in [0.25, 0.3) is 0 Å². The molecule has 1 aliphatic rings. The van der Waals surface area contributed by atoms with E-state index < -0.39 is 0 Å². The van der Waals surface area contributed by atoms with E-state index in [4.69, 9.17) is 5.26 Å². The smallest absolute Gasteiger partial charge is 0.0672 e. The van der Waals surface area contributed by atoms with E-state index in [0.29, 0.717) is 6.04 Å². The molecule has 0 aliphatic heterocycles. The summed E-state index contributed by atoms with van der Waals surface area (Å²) in [5, 5.41) is 14.6. The quantitative estimate of drug-likeness (QED) is 0.850. The molecule has 0 radical (unpaired) electrons. The lowest BCUT2D eigenvalue weighted by atomic mass is 10.1. The van der Waals surface area contributed by atoms with Crippen molar-refractivity contribution in [1.82, 2.24) is 5.32 Å². The van der Waals surface area contributed by atoms with E-state index in [9.17, 15) is 0 Å². The van der Waals surface area contributed by atoms with Crippen LogP contribution in [0.5, 0.6) is 0 Å². The molecule has 3 heteroatoms. The lowest BCUT2D eigenvalue weighted by Gasteiger charge is -2.15. The second-order valence-corrected chi connectivity index (χ2v) is 5.18. The van der Waals surface area contributed by atoms with Gasteiger partial charge in [0, 0.05) is 17.5 Å². The first kappa shape index (κ1) is 10.7. The zero-order valence-corrected chi connectivity index (χ0v) is 9.81. The Labute approximate surface area is 94.9 Å². The highest BCUT2D eigenvalue weighted by atomic mass is 32.1. The molecule has 1 saturated carbocycles. The number of hydrogen-bond acceptors (Lipinski definition) is 3. The third-order valence-corrected chi connectivity index (χ3v) is 4.20. The van der Waals surface area contributed by atoms with Crippen molar-refractivity contribution >= 4 is 11.3 Å². The first-order valence-electron chi connectivity index (χ1n) is 5.47. The molecule has 0 aromatic carbocycles. The van der Waals surface area contributed by atoms with Gasteiger partial charge in [-0.2, -0.15) is 5.26 Å². The number of hydrogen-bond donors (Lipinski definition) is 1. The molecule has 0 bridgehead atoms. The first-order valence-corrected chi connectivity index (χ1v) is 6.35. The molecule has 0 amide bonds. The van der Waals surface area contributed by atoms with Crippen LogP contribution in [0.2, 0.25) is 0 Å². The van der Waals surface area contributed by atoms with E-state index in [1.807, 2.05) is 0 Å². The summed E-state index contributed by atoms with van der Waals surface area (Å²) in [6.07, 6.45) is 3.42. The maximum absolute atomic E-state index is 8.96. The minimum atomic E-state index is 0.227. The van der Waals surface area contributed by atoms with Gasteiger partial charge in [0.1, 0.15) is 0 Å². The van der Waals surface area contributed by atoms with Crippen molar-refractivity contribution in [3.8, 4) is 6.07 Å². The summed E-state index contributed by atoms with van der Waals surface area (Å²) in [5.74, 6) is 0.227. The number of nitriles is 1. The third-order valence-electron chi connectivity index (χ3n) is 3.17. The summed E-state index contributed by atoms with van der Waals surface area (Å²) in [6, 6.07) is 4.96. The molecule has 15 heavy (non-hydrogen) atoms. The highest BCUT2D eigenvalue weighted by Gasteiger charge is 2.26. The summed E-state index contributed by atoms with van der Waals surface area (Å²) >= 11 is 1.80. The third kappa shape index (κ3) is 2.39. The molecule has 2 unspecified atom stereocenters. The summed E-state index contributed by atoms with van der Waals surface area (Å²) in [7, 11) is 0. The van der Waals surface area contributed by atoms with E-state index in [-0.39, 0.29) is 5.92 Å². The maximum Gasteiger partial charge on any atom is 0.0672 e. The van der Waals surface area contributed by atoms with Gasteiger partial charge in [0.05, 0.1) is 12.0 Å². The summed E-state index contributed by atoms with van der Waals surface area (Å²) in [4.78, 5) is 1.40. The van der Waals surface area contributed by atoms with Crippen molar-refractivity contribution in [3.63, 3.8) is 0 Å². The van der Waals surface area contributed by atoms with Crippen molar-refractivity contribution in [2.45, 2.75) is 38.8 Å². The predicted octanol–water partition coefficient (Wildman–Crippen LogP) is 2.84. The SMILES string of the molecule is Cc1ccsc1CNC1CCCC1C#N. The summed E-state index contributed by atoms with van der Waals surface area (Å²) < 4.78 is 0. The number of nitrogens with zero attached hydrogens (tertiary/aromatic N) is 1. The Hall–Kier alpha value is -0.850. The van der Waals surface area contributed by atoms with Gasteiger partial charge in [-0.05, 0) is 36.8 Å². The molecule has 2 nitrogen and oxygen atoms in total. The number of rotatable bonds is 3. The molecule has 2 rings (SSSR count). The van der Waals surface area contributed by atoms with Crippen molar-refractivity contribution in [2.75, 3.05) is 0 Å². The Morgan fingerprint density at radius 1 is 1.60 bits per heavy atom. The molecule has 0 saturated heterocycles. The topological polar surface area (TPSA) is 35.8 Å². The second-order valence-electron chi connectivity index (χ2n) is 4.18. The Morgan fingerprint density at radius 3 is 3.13 bits per heavy atom. The number of aryl methyl sites for hydroxylation is 1. The molecule has 0 spiro atoms. The molecule has 80 valence electrons. The highest BCUT2D eigenvalue weighted by molar-refractivity contribution is 7.10. The van der Waals surface area contributed by atoms with Gasteiger partial charge in [-0.3, -0.25) is 0 Å². The van der Waals surface area contributed by atoms with Crippen LogP contribution in [0, 0.1) is 24.2 Å². The van der Waals surface area contributed by atoms with Crippen LogP contribution in [-0.4, -0.2) is 6.04 Å². The van der Waals surface area contributed by atoms with Crippen molar-refractivity contribution < 1.29 is 0 Å². The molecular formula is C12H16N2S. The molecule has 1 aromatic rings. The Morgan fingerprint density at radius 2 is 2.47 bits per heavy atom. The van der Waals surface area contributed by atoms with Crippen LogP contribution in [0.1, 0.15) is 29.7 Å². The Balaban J connectivity index is 1.89. The first-order chi connectivity index (χ1) is 7.31. The van der Waals surface area contributed by atoms with Gasteiger partial charge in [-0.15, -0.1) is 11.3 Å².